The lowest BCUT2D eigenvalue weighted by Gasteiger charge is -2.09. The van der Waals surface area contributed by atoms with Crippen LogP contribution in [0.2, 0.25) is 0 Å². The fourth-order valence-corrected chi connectivity index (χ4v) is 2.91. The predicted octanol–water partition coefficient (Wildman–Crippen LogP) is 2.51. The van der Waals surface area contributed by atoms with Gasteiger partial charge in [-0.15, -0.1) is 0 Å². The highest BCUT2D eigenvalue weighted by Crippen LogP contribution is 2.16. The van der Waals surface area contributed by atoms with Gasteiger partial charge in [-0.1, -0.05) is 18.2 Å². The number of ether oxygens (including phenoxy) is 1. The van der Waals surface area contributed by atoms with Crippen molar-refractivity contribution in [2.24, 2.45) is 0 Å². The van der Waals surface area contributed by atoms with E-state index in [0.717, 1.165) is 0 Å². The van der Waals surface area contributed by atoms with Gasteiger partial charge in [0.25, 0.3) is 15.9 Å². The number of aryl methyl sites for hydroxylation is 1. The third kappa shape index (κ3) is 3.65. The van der Waals surface area contributed by atoms with Crippen molar-refractivity contribution in [2.75, 3.05) is 6.61 Å². The summed E-state index contributed by atoms with van der Waals surface area (Å²) in [5.74, 6) is -0.0707. The number of amides is 1. The number of benzene rings is 2. The van der Waals surface area contributed by atoms with Gasteiger partial charge >= 0.3 is 0 Å². The van der Waals surface area contributed by atoms with E-state index < -0.39 is 15.9 Å². The Morgan fingerprint density at radius 1 is 1.09 bits per heavy atom. The van der Waals surface area contributed by atoms with Gasteiger partial charge in [-0.05, 0) is 49.7 Å². The summed E-state index contributed by atoms with van der Waals surface area (Å²) in [5, 5.41) is 0. The molecule has 0 bridgehead atoms. The molecule has 2 aromatic rings. The van der Waals surface area contributed by atoms with E-state index in [4.69, 9.17) is 4.74 Å². The third-order valence-electron chi connectivity index (χ3n) is 3.06. The summed E-state index contributed by atoms with van der Waals surface area (Å²) in [6.07, 6.45) is 0. The molecular weight excluding hydrogens is 302 g/mol. The highest BCUT2D eigenvalue weighted by molar-refractivity contribution is 7.90. The first-order valence-electron chi connectivity index (χ1n) is 6.79. The molecule has 0 radical (unpaired) electrons. The Bertz CT molecular complexity index is 767. The zero-order valence-electron chi connectivity index (χ0n) is 12.4. The lowest BCUT2D eigenvalue weighted by molar-refractivity contribution is 0.0981. The minimum atomic E-state index is -3.91. The van der Waals surface area contributed by atoms with Gasteiger partial charge in [0.15, 0.2) is 0 Å². The molecule has 0 unspecified atom stereocenters. The maximum Gasteiger partial charge on any atom is 0.265 e. The molecule has 0 fully saturated rings. The molecular formula is C16H17NO4S. The largest absolute Gasteiger partial charge is 0.494 e. The topological polar surface area (TPSA) is 72.5 Å². The number of carbonyl (C=O) groups excluding carboxylic acids is 1. The van der Waals surface area contributed by atoms with E-state index in [9.17, 15) is 13.2 Å². The van der Waals surface area contributed by atoms with Crippen LogP contribution in [-0.4, -0.2) is 20.9 Å². The van der Waals surface area contributed by atoms with E-state index in [0.29, 0.717) is 23.5 Å². The molecule has 22 heavy (non-hydrogen) atoms. The number of hydrogen-bond donors (Lipinski definition) is 1. The van der Waals surface area contributed by atoms with Crippen molar-refractivity contribution in [1.82, 2.24) is 4.72 Å². The van der Waals surface area contributed by atoms with Crippen molar-refractivity contribution in [1.29, 1.82) is 0 Å². The van der Waals surface area contributed by atoms with Crippen molar-refractivity contribution in [3.8, 4) is 5.75 Å². The molecule has 5 nitrogen and oxygen atoms in total. The first-order chi connectivity index (χ1) is 10.4. The summed E-state index contributed by atoms with van der Waals surface area (Å²) >= 11 is 0. The molecule has 0 aliphatic carbocycles. The normalized spacial score (nSPS) is 11.0. The van der Waals surface area contributed by atoms with E-state index >= 15 is 0 Å². The van der Waals surface area contributed by atoms with E-state index in [1.54, 1.807) is 43.3 Å². The van der Waals surface area contributed by atoms with Crippen molar-refractivity contribution in [2.45, 2.75) is 18.7 Å². The quantitative estimate of drug-likeness (QED) is 0.919. The minimum absolute atomic E-state index is 0.0119. The lowest BCUT2D eigenvalue weighted by atomic mass is 10.1. The van der Waals surface area contributed by atoms with Crippen LogP contribution in [0.1, 0.15) is 22.8 Å². The molecule has 0 spiro atoms. The zero-order valence-corrected chi connectivity index (χ0v) is 13.2. The van der Waals surface area contributed by atoms with E-state index in [1.807, 2.05) is 6.92 Å². The van der Waals surface area contributed by atoms with Gasteiger partial charge < -0.3 is 4.74 Å². The highest BCUT2D eigenvalue weighted by Gasteiger charge is 2.19. The Kier molecular flexibility index (Phi) is 4.82. The second kappa shape index (κ2) is 6.62. The van der Waals surface area contributed by atoms with E-state index in [-0.39, 0.29) is 4.90 Å². The van der Waals surface area contributed by atoms with Crippen LogP contribution in [0.15, 0.2) is 53.4 Å². The number of carbonyl (C=O) groups is 1. The summed E-state index contributed by atoms with van der Waals surface area (Å²) in [7, 11) is -3.91. The average Bonchev–Trinajstić information content (AvgIpc) is 2.48. The molecule has 116 valence electrons. The van der Waals surface area contributed by atoms with Gasteiger partial charge in [0.05, 0.1) is 11.5 Å². The Morgan fingerprint density at radius 2 is 1.73 bits per heavy atom. The predicted molar refractivity (Wildman–Crippen MR) is 83.4 cm³/mol. The zero-order chi connectivity index (χ0) is 16.2. The van der Waals surface area contributed by atoms with Crippen LogP contribution < -0.4 is 9.46 Å². The van der Waals surface area contributed by atoms with Gasteiger partial charge in [0.1, 0.15) is 5.75 Å². The van der Waals surface area contributed by atoms with Gasteiger partial charge in [-0.3, -0.25) is 4.79 Å². The molecule has 2 rings (SSSR count). The van der Waals surface area contributed by atoms with Crippen LogP contribution in [0.5, 0.6) is 5.75 Å². The fourth-order valence-electron chi connectivity index (χ4n) is 1.95. The molecule has 0 aliphatic heterocycles. The molecule has 0 atom stereocenters. The summed E-state index contributed by atoms with van der Waals surface area (Å²) in [6.45, 7) is 4.08. The van der Waals surface area contributed by atoms with Crippen molar-refractivity contribution < 1.29 is 17.9 Å². The first-order valence-corrected chi connectivity index (χ1v) is 8.28. The Labute approximate surface area is 130 Å². The second-order valence-electron chi connectivity index (χ2n) is 4.65. The van der Waals surface area contributed by atoms with Gasteiger partial charge in [0.2, 0.25) is 0 Å². The highest BCUT2D eigenvalue weighted by atomic mass is 32.2. The van der Waals surface area contributed by atoms with Crippen LogP contribution in [0, 0.1) is 6.92 Å². The van der Waals surface area contributed by atoms with Crippen molar-refractivity contribution >= 4 is 15.9 Å². The summed E-state index contributed by atoms with van der Waals surface area (Å²) in [5.41, 5.74) is 1.04. The summed E-state index contributed by atoms with van der Waals surface area (Å²) in [4.78, 5) is 12.1. The second-order valence-corrected chi connectivity index (χ2v) is 6.34. The maximum atomic E-state index is 12.2. The molecule has 0 saturated carbocycles. The molecule has 0 heterocycles. The molecule has 0 aliphatic rings. The van der Waals surface area contributed by atoms with Gasteiger partial charge in [-0.25, -0.2) is 13.1 Å². The number of rotatable bonds is 5. The number of hydrogen-bond acceptors (Lipinski definition) is 4. The van der Waals surface area contributed by atoms with E-state index in [2.05, 4.69) is 4.72 Å². The average molecular weight is 319 g/mol. The van der Waals surface area contributed by atoms with Crippen LogP contribution in [0.3, 0.4) is 0 Å². The Morgan fingerprint density at radius 3 is 2.32 bits per heavy atom. The molecule has 1 N–H and O–H groups in total. The monoisotopic (exact) mass is 319 g/mol. The minimum Gasteiger partial charge on any atom is -0.494 e. The van der Waals surface area contributed by atoms with Gasteiger partial charge in [0, 0.05) is 5.56 Å². The smallest absolute Gasteiger partial charge is 0.265 e. The SMILES string of the molecule is CCOc1ccc(S(=O)(=O)NC(=O)c2ccccc2C)cc1. The fraction of sp³-hybridized carbons (Fsp3) is 0.188. The molecule has 0 saturated heterocycles. The van der Waals surface area contributed by atoms with Crippen molar-refractivity contribution in [3.63, 3.8) is 0 Å². The Balaban J connectivity index is 2.20. The van der Waals surface area contributed by atoms with Crippen LogP contribution in [0.4, 0.5) is 0 Å². The van der Waals surface area contributed by atoms with Gasteiger partial charge in [-0.2, -0.15) is 0 Å². The number of sulfonamides is 1. The Hall–Kier alpha value is -2.34. The molecule has 0 aromatic heterocycles. The lowest BCUT2D eigenvalue weighted by Crippen LogP contribution is -2.31. The molecule has 6 heteroatoms. The number of nitrogens with one attached hydrogen (secondary N) is 1. The van der Waals surface area contributed by atoms with Crippen molar-refractivity contribution in [3.05, 3.63) is 59.7 Å². The summed E-state index contributed by atoms with van der Waals surface area (Å²) < 4.78 is 31.8. The van der Waals surface area contributed by atoms with Crippen LogP contribution >= 0.6 is 0 Å². The maximum absolute atomic E-state index is 12.2. The molecule has 1 amide bonds. The van der Waals surface area contributed by atoms with Crippen LogP contribution in [0.25, 0.3) is 0 Å². The molecule has 2 aromatic carbocycles. The van der Waals surface area contributed by atoms with Crippen LogP contribution in [-0.2, 0) is 10.0 Å². The standard InChI is InChI=1S/C16H17NO4S/c1-3-21-13-8-10-14(11-9-13)22(19,20)17-16(18)15-7-5-4-6-12(15)2/h4-11H,3H2,1-2H3,(H,17,18). The first kappa shape index (κ1) is 16.0. The summed E-state index contributed by atoms with van der Waals surface area (Å²) in [6, 6.07) is 12.7. The van der Waals surface area contributed by atoms with E-state index in [1.165, 1.54) is 12.1 Å². The third-order valence-corrected chi connectivity index (χ3v) is 4.41.